The Kier molecular flexibility index (Phi) is 10.9. The summed E-state index contributed by atoms with van der Waals surface area (Å²) in [4.78, 5) is 0. The van der Waals surface area contributed by atoms with Gasteiger partial charge in [-0.1, -0.05) is 59.7 Å². The van der Waals surface area contributed by atoms with Crippen molar-refractivity contribution in [2.75, 3.05) is 28.2 Å². The van der Waals surface area contributed by atoms with Crippen molar-refractivity contribution in [2.45, 2.75) is 0 Å². The number of rotatable bonds is 2. The van der Waals surface area contributed by atoms with Gasteiger partial charge in [0.25, 0.3) is 0 Å². The topological polar surface area (TPSA) is 55.3 Å². The van der Waals surface area contributed by atoms with Gasteiger partial charge in [-0.15, -0.1) is 12.0 Å². The van der Waals surface area contributed by atoms with Gasteiger partial charge in [0.2, 0.25) is 0 Å². The third kappa shape index (κ3) is 19.1. The SMILES string of the molecule is C#Cc1ccccc1.CN1C=C(c2ccccc2)N(C)N1.CN=NNC.F[P-](F)(F)(F)(F)F. The molecular weight excluding hydrogens is 469 g/mol. The Balaban J connectivity index is 0.000000446. The van der Waals surface area contributed by atoms with Crippen molar-refractivity contribution in [3.8, 4) is 12.3 Å². The van der Waals surface area contributed by atoms with Crippen LogP contribution in [0.1, 0.15) is 11.1 Å². The Morgan fingerprint density at radius 1 is 0.909 bits per heavy atom. The minimum atomic E-state index is -10.7. The van der Waals surface area contributed by atoms with E-state index in [1.807, 2.05) is 72.6 Å². The van der Waals surface area contributed by atoms with Gasteiger partial charge < -0.3 is 0 Å². The molecule has 1 aliphatic rings. The summed E-state index contributed by atoms with van der Waals surface area (Å²) < 4.78 is 59.2. The van der Waals surface area contributed by atoms with Crippen molar-refractivity contribution in [3.63, 3.8) is 0 Å². The molecule has 0 amide bonds. The van der Waals surface area contributed by atoms with Gasteiger partial charge in [0, 0.05) is 38.5 Å². The van der Waals surface area contributed by atoms with Crippen molar-refractivity contribution in [1.82, 2.24) is 21.0 Å². The van der Waals surface area contributed by atoms with Crippen molar-refractivity contribution in [3.05, 3.63) is 78.0 Å². The molecule has 0 aromatic heterocycles. The predicted octanol–water partition coefficient (Wildman–Crippen LogP) is 6.53. The Bertz CT molecular complexity index is 917. The van der Waals surface area contributed by atoms with Gasteiger partial charge in [-0.25, -0.2) is 0 Å². The van der Waals surface area contributed by atoms with E-state index in [1.54, 1.807) is 14.1 Å². The summed E-state index contributed by atoms with van der Waals surface area (Å²) in [6.45, 7) is 0. The second-order valence-corrected chi connectivity index (χ2v) is 8.06. The molecular formula is C20H26F6N6P-. The van der Waals surface area contributed by atoms with Crippen molar-refractivity contribution in [2.24, 2.45) is 10.3 Å². The van der Waals surface area contributed by atoms with Crippen LogP contribution >= 0.6 is 7.81 Å². The Morgan fingerprint density at radius 2 is 1.36 bits per heavy atom. The number of hydrogen-bond donors (Lipinski definition) is 2. The summed E-state index contributed by atoms with van der Waals surface area (Å²) >= 11 is 0. The van der Waals surface area contributed by atoms with E-state index in [1.165, 1.54) is 11.3 Å². The standard InChI is InChI=1S/C10H13N3.C8H6.C2H7N3.F6P/c1-12-8-10(13(2)11-12)9-6-4-3-5-7-9;1-2-8-6-4-3-5-7-8;1-3-5-4-2;1-7(2,3,4,5)6/h3-8,11H,1-2H3;1,3-7H;1-2H3,(H,3,4);/q;;;-1. The molecule has 13 heteroatoms. The van der Waals surface area contributed by atoms with Gasteiger partial charge in [-0.3, -0.25) is 15.4 Å². The Labute approximate surface area is 189 Å². The molecule has 33 heavy (non-hydrogen) atoms. The van der Waals surface area contributed by atoms with Crippen LogP contribution in [0.15, 0.2) is 77.2 Å². The minimum absolute atomic E-state index is 0.938. The molecule has 0 atom stereocenters. The van der Waals surface area contributed by atoms with Crippen molar-refractivity contribution >= 4 is 13.5 Å². The van der Waals surface area contributed by atoms with E-state index in [0.717, 1.165) is 5.56 Å². The maximum absolute atomic E-state index is 10.7. The quantitative estimate of drug-likeness (QED) is 0.163. The number of halogens is 6. The molecule has 184 valence electrons. The van der Waals surface area contributed by atoms with Crippen LogP contribution in [0.25, 0.3) is 5.70 Å². The number of benzene rings is 2. The number of hydrogen-bond acceptors (Lipinski definition) is 5. The van der Waals surface area contributed by atoms with Crippen LogP contribution in [0.3, 0.4) is 0 Å². The van der Waals surface area contributed by atoms with E-state index in [-0.39, 0.29) is 0 Å². The maximum atomic E-state index is 9.87. The van der Waals surface area contributed by atoms with Crippen LogP contribution in [0.5, 0.6) is 0 Å². The van der Waals surface area contributed by atoms with Gasteiger partial charge in [0.1, 0.15) is 0 Å². The van der Waals surface area contributed by atoms with E-state index < -0.39 is 7.81 Å². The fourth-order valence-corrected chi connectivity index (χ4v) is 2.10. The van der Waals surface area contributed by atoms with E-state index >= 15 is 0 Å². The fourth-order valence-electron chi connectivity index (χ4n) is 2.10. The molecule has 0 fully saturated rings. The monoisotopic (exact) mass is 495 g/mol. The average molecular weight is 495 g/mol. The first-order chi connectivity index (χ1) is 15.1. The van der Waals surface area contributed by atoms with E-state index in [9.17, 15) is 25.2 Å². The van der Waals surface area contributed by atoms with Gasteiger partial charge >= 0.3 is 33.0 Å². The molecule has 0 saturated carbocycles. The summed E-state index contributed by atoms with van der Waals surface area (Å²) in [5.74, 6) is 2.53. The van der Waals surface area contributed by atoms with E-state index in [0.29, 0.717) is 0 Å². The zero-order valence-corrected chi connectivity index (χ0v) is 19.3. The molecule has 0 radical (unpaired) electrons. The van der Waals surface area contributed by atoms with Gasteiger partial charge in [-0.05, 0) is 12.1 Å². The Hall–Kier alpha value is -3.29. The van der Waals surface area contributed by atoms with Crippen molar-refractivity contribution < 1.29 is 25.2 Å². The van der Waals surface area contributed by atoms with Crippen LogP contribution in [0.2, 0.25) is 0 Å². The van der Waals surface area contributed by atoms with E-state index in [4.69, 9.17) is 6.42 Å². The molecule has 6 nitrogen and oxygen atoms in total. The molecule has 1 aliphatic heterocycles. The normalized spacial score (nSPS) is 14.6. The van der Waals surface area contributed by atoms with Crippen LogP contribution in [0.4, 0.5) is 25.2 Å². The van der Waals surface area contributed by atoms with Crippen LogP contribution in [-0.4, -0.2) is 38.2 Å². The zero-order chi connectivity index (χ0) is 25.6. The second kappa shape index (κ2) is 12.1. The molecule has 0 bridgehead atoms. The summed E-state index contributed by atoms with van der Waals surface area (Å²) in [6.07, 6.45) is 7.16. The molecule has 1 heterocycles. The van der Waals surface area contributed by atoms with Crippen LogP contribution < -0.4 is 11.0 Å². The van der Waals surface area contributed by atoms with Gasteiger partial charge in [0.15, 0.2) is 0 Å². The van der Waals surface area contributed by atoms with Crippen LogP contribution in [-0.2, 0) is 0 Å². The van der Waals surface area contributed by atoms with Crippen LogP contribution in [0, 0.1) is 12.3 Å². The Morgan fingerprint density at radius 3 is 1.64 bits per heavy atom. The van der Waals surface area contributed by atoms with E-state index in [2.05, 4.69) is 45.6 Å². The molecule has 0 spiro atoms. The first-order valence-electron chi connectivity index (χ1n) is 9.11. The van der Waals surface area contributed by atoms with Gasteiger partial charge in [-0.2, -0.15) is 5.11 Å². The molecule has 3 rings (SSSR count). The summed E-state index contributed by atoms with van der Waals surface area (Å²) in [7, 11) is -3.37. The number of nitrogens with one attached hydrogen (secondary N) is 2. The molecule has 2 aromatic carbocycles. The third-order valence-electron chi connectivity index (χ3n) is 3.20. The number of nitrogens with zero attached hydrogens (tertiary/aromatic N) is 4. The molecule has 0 unspecified atom stereocenters. The molecule has 0 saturated heterocycles. The average Bonchev–Trinajstić information content (AvgIpc) is 3.06. The van der Waals surface area contributed by atoms with Crippen molar-refractivity contribution in [1.29, 1.82) is 0 Å². The summed E-state index contributed by atoms with van der Waals surface area (Å²) in [5, 5.41) is 10.6. The summed E-state index contributed by atoms with van der Waals surface area (Å²) in [5.41, 5.74) is 8.96. The molecule has 2 N–H and O–H groups in total. The first kappa shape index (κ1) is 29.7. The summed E-state index contributed by atoms with van der Waals surface area (Å²) in [6, 6.07) is 19.9. The zero-order valence-electron chi connectivity index (χ0n) is 18.4. The number of hydrazine groups is 2. The fraction of sp³-hybridized carbons (Fsp3) is 0.200. The number of terminal acetylenes is 1. The predicted molar refractivity (Wildman–Crippen MR) is 121 cm³/mol. The third-order valence-corrected chi connectivity index (χ3v) is 3.20. The second-order valence-electron chi connectivity index (χ2n) is 6.14. The molecule has 0 aliphatic carbocycles. The van der Waals surface area contributed by atoms with Gasteiger partial charge in [0.05, 0.1) is 12.7 Å². The first-order valence-corrected chi connectivity index (χ1v) is 11.1. The molecule has 2 aromatic rings.